The van der Waals surface area contributed by atoms with E-state index in [1.807, 2.05) is 78.9 Å². The predicted molar refractivity (Wildman–Crippen MR) is 117 cm³/mol. The van der Waals surface area contributed by atoms with Crippen molar-refractivity contribution < 1.29 is 9.36 Å². The first-order valence-electron chi connectivity index (χ1n) is 9.79. The first-order chi connectivity index (χ1) is 14.3. The number of nitrogens with zero attached hydrogens (tertiary/aromatic N) is 1. The molecule has 0 radical (unpaired) electrons. The van der Waals surface area contributed by atoms with E-state index in [0.29, 0.717) is 17.8 Å². The molecule has 1 heterocycles. The predicted octanol–water partition coefficient (Wildman–Crippen LogP) is 5.56. The van der Waals surface area contributed by atoms with Gasteiger partial charge in [0.2, 0.25) is 5.52 Å². The van der Waals surface area contributed by atoms with Gasteiger partial charge in [0.1, 0.15) is 0 Å². The molecule has 0 aliphatic rings. The van der Waals surface area contributed by atoms with Gasteiger partial charge >= 0.3 is 0 Å². The zero-order valence-corrected chi connectivity index (χ0v) is 16.0. The van der Waals surface area contributed by atoms with E-state index in [1.54, 1.807) is 0 Å². The Morgan fingerprint density at radius 2 is 1.28 bits per heavy atom. The van der Waals surface area contributed by atoms with Gasteiger partial charge in [0.05, 0.1) is 0 Å². The van der Waals surface area contributed by atoms with Crippen LogP contribution in [0.2, 0.25) is 0 Å². The normalized spacial score (nSPS) is 11.0. The highest BCUT2D eigenvalue weighted by molar-refractivity contribution is 6.09. The molecule has 0 aliphatic carbocycles. The largest absolute Gasteiger partial charge is 0.282 e. The van der Waals surface area contributed by atoms with E-state index < -0.39 is 0 Å². The van der Waals surface area contributed by atoms with Gasteiger partial charge in [0, 0.05) is 28.6 Å². The highest BCUT2D eigenvalue weighted by Crippen LogP contribution is 2.19. The first-order valence-corrected chi connectivity index (χ1v) is 9.79. The second-order valence-electron chi connectivity index (χ2n) is 7.24. The number of carbonyl (C=O) groups excluding carboxylic acids is 1. The summed E-state index contributed by atoms with van der Waals surface area (Å²) in [6.45, 7) is 0.650. The van der Waals surface area contributed by atoms with Crippen molar-refractivity contribution in [2.75, 3.05) is 0 Å². The molecule has 0 fully saturated rings. The number of hydrogen-bond donors (Lipinski definition) is 0. The van der Waals surface area contributed by atoms with Gasteiger partial charge in [-0.2, -0.15) is 4.57 Å². The molecule has 5 rings (SSSR count). The summed E-state index contributed by atoms with van der Waals surface area (Å²) in [7, 11) is 0. The molecule has 0 unspecified atom stereocenters. The highest BCUT2D eigenvalue weighted by atomic mass is 16.1. The number of para-hydroxylation sites is 1. The number of pyridine rings is 1. The third-order valence-corrected chi connectivity index (χ3v) is 5.37. The van der Waals surface area contributed by atoms with Crippen LogP contribution in [-0.2, 0) is 6.54 Å². The quantitative estimate of drug-likeness (QED) is 0.298. The lowest BCUT2D eigenvalue weighted by atomic mass is 10.0. The summed E-state index contributed by atoms with van der Waals surface area (Å²) < 4.78 is 2.13. The molecule has 2 nitrogen and oxygen atoms in total. The Morgan fingerprint density at radius 3 is 2.10 bits per heavy atom. The lowest BCUT2D eigenvalue weighted by molar-refractivity contribution is -0.664. The fourth-order valence-corrected chi connectivity index (χ4v) is 3.88. The van der Waals surface area contributed by atoms with Crippen LogP contribution in [0.5, 0.6) is 0 Å². The molecule has 0 spiro atoms. The Kier molecular flexibility index (Phi) is 4.38. The minimum absolute atomic E-state index is 0.0393. The lowest BCUT2D eigenvalue weighted by Crippen LogP contribution is -2.42. The lowest BCUT2D eigenvalue weighted by Gasteiger charge is -2.08. The maximum Gasteiger partial charge on any atom is 0.256 e. The van der Waals surface area contributed by atoms with Crippen molar-refractivity contribution in [3.8, 4) is 0 Å². The van der Waals surface area contributed by atoms with Gasteiger partial charge in [-0.3, -0.25) is 4.79 Å². The van der Waals surface area contributed by atoms with E-state index in [9.17, 15) is 4.79 Å². The van der Waals surface area contributed by atoms with Crippen LogP contribution >= 0.6 is 0 Å². The topological polar surface area (TPSA) is 20.9 Å². The van der Waals surface area contributed by atoms with Gasteiger partial charge in [-0.1, -0.05) is 78.9 Å². The van der Waals surface area contributed by atoms with Crippen LogP contribution in [0.25, 0.3) is 21.7 Å². The summed E-state index contributed by atoms with van der Waals surface area (Å²) in [6.07, 6.45) is 0. The number of carbonyl (C=O) groups is 1. The molecule has 0 atom stereocenters. The standard InChI is InChI=1S/C27H20NO/c29-27(24-15-14-21-10-4-5-12-23(21)18-24)26-17-16-22-11-6-7-13-25(22)28(26)19-20-8-2-1-3-9-20/h1-18H,19H2/q+1. The molecule has 5 aromatic rings. The molecule has 0 bridgehead atoms. The molecule has 0 saturated carbocycles. The molecule has 0 N–H and O–H groups in total. The molecule has 0 amide bonds. The smallest absolute Gasteiger partial charge is 0.256 e. The monoisotopic (exact) mass is 374 g/mol. The third kappa shape index (κ3) is 3.30. The fraction of sp³-hybridized carbons (Fsp3) is 0.0370. The average Bonchev–Trinajstić information content (AvgIpc) is 2.79. The van der Waals surface area contributed by atoms with Crippen LogP contribution in [0.3, 0.4) is 0 Å². The van der Waals surface area contributed by atoms with E-state index in [-0.39, 0.29) is 5.78 Å². The second-order valence-corrected chi connectivity index (χ2v) is 7.24. The summed E-state index contributed by atoms with van der Waals surface area (Å²) >= 11 is 0. The van der Waals surface area contributed by atoms with Gasteiger partial charge in [-0.25, -0.2) is 0 Å². The zero-order valence-electron chi connectivity index (χ0n) is 16.0. The Hall–Kier alpha value is -3.78. The molecule has 138 valence electrons. The van der Waals surface area contributed by atoms with E-state index in [1.165, 1.54) is 5.56 Å². The second kappa shape index (κ2) is 7.33. The number of aromatic nitrogens is 1. The Balaban J connectivity index is 1.66. The molecule has 0 aliphatic heterocycles. The summed E-state index contributed by atoms with van der Waals surface area (Å²) in [5, 5.41) is 3.34. The molecule has 1 aromatic heterocycles. The number of ketones is 1. The first kappa shape index (κ1) is 17.3. The maximum absolute atomic E-state index is 13.5. The van der Waals surface area contributed by atoms with Crippen LogP contribution in [-0.4, -0.2) is 5.78 Å². The van der Waals surface area contributed by atoms with Crippen molar-refractivity contribution in [3.05, 3.63) is 126 Å². The van der Waals surface area contributed by atoms with Crippen LogP contribution in [0, 0.1) is 0 Å². The fourth-order valence-electron chi connectivity index (χ4n) is 3.88. The van der Waals surface area contributed by atoms with Gasteiger partial charge in [-0.05, 0) is 29.0 Å². The summed E-state index contributed by atoms with van der Waals surface area (Å²) in [5.41, 5.74) is 3.63. The van der Waals surface area contributed by atoms with Crippen molar-refractivity contribution >= 4 is 27.5 Å². The maximum atomic E-state index is 13.5. The number of fused-ring (bicyclic) bond motifs is 2. The Morgan fingerprint density at radius 1 is 0.621 bits per heavy atom. The number of rotatable bonds is 4. The van der Waals surface area contributed by atoms with Crippen molar-refractivity contribution in [2.45, 2.75) is 6.54 Å². The summed E-state index contributed by atoms with van der Waals surface area (Å²) in [6, 6.07) is 36.5. The molecular weight excluding hydrogens is 354 g/mol. The van der Waals surface area contributed by atoms with Gasteiger partial charge in [0.15, 0.2) is 6.54 Å². The van der Waals surface area contributed by atoms with Gasteiger partial charge < -0.3 is 0 Å². The minimum Gasteiger partial charge on any atom is -0.282 e. The van der Waals surface area contributed by atoms with Crippen LogP contribution < -0.4 is 4.57 Å². The Labute approximate surface area is 169 Å². The van der Waals surface area contributed by atoms with Crippen LogP contribution in [0.15, 0.2) is 109 Å². The minimum atomic E-state index is 0.0393. The average molecular weight is 374 g/mol. The number of benzene rings is 4. The Bertz CT molecular complexity index is 1340. The SMILES string of the molecule is O=C(c1ccc2ccccc2c1)c1ccc2ccccc2[n+]1Cc1ccccc1. The van der Waals surface area contributed by atoms with Crippen molar-refractivity contribution in [1.29, 1.82) is 0 Å². The molecule has 4 aromatic carbocycles. The van der Waals surface area contributed by atoms with E-state index in [4.69, 9.17) is 0 Å². The summed E-state index contributed by atoms with van der Waals surface area (Å²) in [4.78, 5) is 13.5. The van der Waals surface area contributed by atoms with Gasteiger partial charge in [0.25, 0.3) is 11.5 Å². The zero-order chi connectivity index (χ0) is 19.6. The van der Waals surface area contributed by atoms with Gasteiger partial charge in [-0.15, -0.1) is 0 Å². The van der Waals surface area contributed by atoms with E-state index in [0.717, 1.165) is 21.7 Å². The van der Waals surface area contributed by atoms with Crippen molar-refractivity contribution in [1.82, 2.24) is 0 Å². The summed E-state index contributed by atoms with van der Waals surface area (Å²) in [5.74, 6) is 0.0393. The van der Waals surface area contributed by atoms with Crippen LogP contribution in [0.4, 0.5) is 0 Å². The molecule has 2 heteroatoms. The molecule has 0 saturated heterocycles. The van der Waals surface area contributed by atoms with E-state index in [2.05, 4.69) is 34.9 Å². The van der Waals surface area contributed by atoms with Crippen molar-refractivity contribution in [2.24, 2.45) is 0 Å². The van der Waals surface area contributed by atoms with Crippen LogP contribution in [0.1, 0.15) is 21.6 Å². The number of hydrogen-bond acceptors (Lipinski definition) is 1. The third-order valence-electron chi connectivity index (χ3n) is 5.37. The highest BCUT2D eigenvalue weighted by Gasteiger charge is 2.24. The van der Waals surface area contributed by atoms with E-state index >= 15 is 0 Å². The molecular formula is C27H20NO+. The van der Waals surface area contributed by atoms with Crippen molar-refractivity contribution in [3.63, 3.8) is 0 Å². The molecule has 29 heavy (non-hydrogen) atoms.